The van der Waals surface area contributed by atoms with Crippen LogP contribution in [0, 0.1) is 0 Å². The summed E-state index contributed by atoms with van der Waals surface area (Å²) < 4.78 is 1.88. The third kappa shape index (κ3) is 1.26. The van der Waals surface area contributed by atoms with Gasteiger partial charge >= 0.3 is 0 Å². The molecule has 0 amide bonds. The van der Waals surface area contributed by atoms with Gasteiger partial charge in [0.15, 0.2) is 0 Å². The summed E-state index contributed by atoms with van der Waals surface area (Å²) in [6.07, 6.45) is 3.72. The maximum Gasteiger partial charge on any atom is 0.137 e. The molecule has 2 heterocycles. The molecule has 66 valence electrons. The van der Waals surface area contributed by atoms with Crippen molar-refractivity contribution in [1.82, 2.24) is 9.38 Å². The zero-order valence-electron chi connectivity index (χ0n) is 7.18. The van der Waals surface area contributed by atoms with Crippen LogP contribution in [0.5, 0.6) is 0 Å². The Morgan fingerprint density at radius 3 is 3.08 bits per heavy atom. The fraction of sp³-hybridized carbons (Fsp3) is 0.111. The van der Waals surface area contributed by atoms with E-state index in [1.54, 1.807) is 6.92 Å². The van der Waals surface area contributed by atoms with E-state index in [0.717, 1.165) is 5.65 Å². The Bertz CT molecular complexity index is 426. The van der Waals surface area contributed by atoms with Crippen LogP contribution in [0.15, 0.2) is 35.7 Å². The fourth-order valence-corrected chi connectivity index (χ4v) is 1.16. The third-order valence-electron chi connectivity index (χ3n) is 1.88. The molecule has 0 fully saturated rings. The molecule has 0 aliphatic carbocycles. The second kappa shape index (κ2) is 2.90. The summed E-state index contributed by atoms with van der Waals surface area (Å²) in [5.41, 5.74) is 2.05. The first-order valence-corrected chi connectivity index (χ1v) is 3.94. The second-order valence-corrected chi connectivity index (χ2v) is 2.78. The van der Waals surface area contributed by atoms with Crippen molar-refractivity contribution in [1.29, 1.82) is 0 Å². The normalized spacial score (nSPS) is 12.2. The molecule has 13 heavy (non-hydrogen) atoms. The molecule has 0 saturated heterocycles. The van der Waals surface area contributed by atoms with Crippen LogP contribution < -0.4 is 0 Å². The summed E-state index contributed by atoms with van der Waals surface area (Å²) in [5.74, 6) is 0. The number of rotatable bonds is 1. The van der Waals surface area contributed by atoms with Gasteiger partial charge in [0, 0.05) is 12.4 Å². The fourth-order valence-electron chi connectivity index (χ4n) is 1.16. The molecule has 2 aromatic rings. The van der Waals surface area contributed by atoms with E-state index in [1.807, 2.05) is 35.0 Å². The topological polar surface area (TPSA) is 49.9 Å². The Balaban J connectivity index is 2.62. The Hall–Kier alpha value is -1.84. The highest BCUT2D eigenvalue weighted by molar-refractivity contribution is 5.96. The van der Waals surface area contributed by atoms with E-state index >= 15 is 0 Å². The van der Waals surface area contributed by atoms with Crippen LogP contribution in [0.1, 0.15) is 12.6 Å². The molecule has 0 radical (unpaired) electrons. The van der Waals surface area contributed by atoms with E-state index in [9.17, 15) is 0 Å². The average molecular weight is 175 g/mol. The zero-order valence-corrected chi connectivity index (χ0v) is 7.18. The van der Waals surface area contributed by atoms with Crippen LogP contribution in [0.25, 0.3) is 5.65 Å². The van der Waals surface area contributed by atoms with Gasteiger partial charge in [-0.2, -0.15) is 0 Å². The maximum atomic E-state index is 8.55. The average Bonchev–Trinajstić information content (AvgIpc) is 2.59. The lowest BCUT2D eigenvalue weighted by Crippen LogP contribution is -1.93. The zero-order chi connectivity index (χ0) is 9.26. The number of oxime groups is 1. The Kier molecular flexibility index (Phi) is 1.73. The molecule has 0 bridgehead atoms. The summed E-state index contributed by atoms with van der Waals surface area (Å²) >= 11 is 0. The lowest BCUT2D eigenvalue weighted by Gasteiger charge is -1.87. The number of hydrogen-bond donors (Lipinski definition) is 1. The molecule has 0 aliphatic rings. The molecule has 0 unspecified atom stereocenters. The van der Waals surface area contributed by atoms with Gasteiger partial charge in [0.05, 0.1) is 0 Å². The van der Waals surface area contributed by atoms with Crippen molar-refractivity contribution >= 4 is 11.4 Å². The molecule has 0 aromatic carbocycles. The highest BCUT2D eigenvalue weighted by Crippen LogP contribution is 2.04. The van der Waals surface area contributed by atoms with Crippen LogP contribution >= 0.6 is 0 Å². The van der Waals surface area contributed by atoms with E-state index in [-0.39, 0.29) is 0 Å². The molecule has 0 atom stereocenters. The monoisotopic (exact) mass is 175 g/mol. The van der Waals surface area contributed by atoms with Crippen LogP contribution in [-0.4, -0.2) is 20.3 Å². The van der Waals surface area contributed by atoms with Gasteiger partial charge in [-0.1, -0.05) is 11.2 Å². The molecule has 1 N–H and O–H groups in total. The van der Waals surface area contributed by atoms with Gasteiger partial charge in [-0.15, -0.1) is 0 Å². The van der Waals surface area contributed by atoms with Crippen molar-refractivity contribution in [3.63, 3.8) is 0 Å². The Morgan fingerprint density at radius 1 is 1.54 bits per heavy atom. The van der Waals surface area contributed by atoms with Gasteiger partial charge in [-0.25, -0.2) is 4.98 Å². The van der Waals surface area contributed by atoms with E-state index in [2.05, 4.69) is 10.1 Å². The van der Waals surface area contributed by atoms with E-state index < -0.39 is 0 Å². The van der Waals surface area contributed by atoms with Crippen LogP contribution in [0.4, 0.5) is 0 Å². The highest BCUT2D eigenvalue weighted by Gasteiger charge is 2.03. The van der Waals surface area contributed by atoms with Crippen LogP contribution in [0.3, 0.4) is 0 Å². The van der Waals surface area contributed by atoms with Gasteiger partial charge in [-0.05, 0) is 19.1 Å². The van der Waals surface area contributed by atoms with Gasteiger partial charge in [0.1, 0.15) is 17.1 Å². The SMILES string of the molecule is C/C(=N/O)c1cn2ccccc2n1. The quantitative estimate of drug-likeness (QED) is 0.406. The number of fused-ring (bicyclic) bond motifs is 1. The van der Waals surface area contributed by atoms with Gasteiger partial charge in [0.25, 0.3) is 0 Å². The number of hydrogen-bond acceptors (Lipinski definition) is 3. The lowest BCUT2D eigenvalue weighted by molar-refractivity contribution is 0.319. The summed E-state index contributed by atoms with van der Waals surface area (Å²) in [5, 5.41) is 11.6. The van der Waals surface area contributed by atoms with E-state index in [4.69, 9.17) is 5.21 Å². The van der Waals surface area contributed by atoms with E-state index in [0.29, 0.717) is 11.4 Å². The maximum absolute atomic E-state index is 8.55. The minimum absolute atomic E-state index is 0.517. The van der Waals surface area contributed by atoms with Gasteiger partial charge in [0.2, 0.25) is 0 Å². The standard InChI is InChI=1S/C9H9N3O/c1-7(11-13)8-6-12-5-3-2-4-9(12)10-8/h2-6,13H,1H3/b11-7-. The predicted octanol–water partition coefficient (Wildman–Crippen LogP) is 1.53. The highest BCUT2D eigenvalue weighted by atomic mass is 16.4. The molecule has 0 aliphatic heterocycles. The molecule has 0 spiro atoms. The van der Waals surface area contributed by atoms with E-state index in [1.165, 1.54) is 0 Å². The first-order chi connectivity index (χ1) is 6.31. The number of pyridine rings is 1. The summed E-state index contributed by atoms with van der Waals surface area (Å²) in [7, 11) is 0. The molecule has 4 nitrogen and oxygen atoms in total. The molecular weight excluding hydrogens is 166 g/mol. The van der Waals surface area contributed by atoms with Crippen LogP contribution in [-0.2, 0) is 0 Å². The first-order valence-electron chi connectivity index (χ1n) is 3.94. The molecule has 0 saturated carbocycles. The van der Waals surface area contributed by atoms with Crippen molar-refractivity contribution in [3.8, 4) is 0 Å². The Labute approximate surface area is 75.1 Å². The Morgan fingerprint density at radius 2 is 2.38 bits per heavy atom. The molecular formula is C9H9N3O. The summed E-state index contributed by atoms with van der Waals surface area (Å²) in [6, 6.07) is 5.73. The smallest absolute Gasteiger partial charge is 0.137 e. The first kappa shape index (κ1) is 7.79. The number of imidazole rings is 1. The van der Waals surface area contributed by atoms with Crippen molar-refractivity contribution in [2.45, 2.75) is 6.92 Å². The predicted molar refractivity (Wildman–Crippen MR) is 49.2 cm³/mol. The number of nitrogens with zero attached hydrogens (tertiary/aromatic N) is 3. The molecule has 2 aromatic heterocycles. The summed E-state index contributed by atoms with van der Waals surface area (Å²) in [4.78, 5) is 4.26. The van der Waals surface area contributed by atoms with Gasteiger partial charge in [-0.3, -0.25) is 0 Å². The lowest BCUT2D eigenvalue weighted by atomic mass is 10.3. The second-order valence-electron chi connectivity index (χ2n) is 2.78. The third-order valence-corrected chi connectivity index (χ3v) is 1.88. The minimum atomic E-state index is 0.517. The molecule has 4 heteroatoms. The van der Waals surface area contributed by atoms with Crippen molar-refractivity contribution in [3.05, 3.63) is 36.3 Å². The van der Waals surface area contributed by atoms with Crippen molar-refractivity contribution in [2.24, 2.45) is 5.16 Å². The summed E-state index contributed by atoms with van der Waals surface area (Å²) in [6.45, 7) is 1.71. The van der Waals surface area contributed by atoms with Crippen molar-refractivity contribution < 1.29 is 5.21 Å². The largest absolute Gasteiger partial charge is 0.411 e. The van der Waals surface area contributed by atoms with Crippen LogP contribution in [0.2, 0.25) is 0 Å². The number of aromatic nitrogens is 2. The minimum Gasteiger partial charge on any atom is -0.411 e. The van der Waals surface area contributed by atoms with Crippen molar-refractivity contribution in [2.75, 3.05) is 0 Å². The van der Waals surface area contributed by atoms with Gasteiger partial charge < -0.3 is 9.61 Å². The molecule has 2 rings (SSSR count).